The first-order valence-electron chi connectivity index (χ1n) is 18.0. The van der Waals surface area contributed by atoms with Gasteiger partial charge in [-0.05, 0) is 82.6 Å². The van der Waals surface area contributed by atoms with Crippen molar-refractivity contribution in [2.75, 3.05) is 9.80 Å². The summed E-state index contributed by atoms with van der Waals surface area (Å²) in [6.45, 7) is 0. The molecule has 10 aromatic rings. The van der Waals surface area contributed by atoms with E-state index in [0.717, 1.165) is 66.8 Å². The maximum Gasteiger partial charge on any atom is 0.138 e. The molecule has 0 aliphatic rings. The molecule has 1 aromatic heterocycles. The summed E-state index contributed by atoms with van der Waals surface area (Å²) >= 11 is 0. The van der Waals surface area contributed by atoms with Gasteiger partial charge in [-0.15, -0.1) is 0 Å². The molecule has 0 spiro atoms. The number of rotatable bonds is 7. The number of furan rings is 1. The molecule has 0 radical (unpaired) electrons. The molecule has 250 valence electrons. The number of para-hydroxylation sites is 3. The van der Waals surface area contributed by atoms with Crippen LogP contribution in [0.25, 0.3) is 54.6 Å². The molecule has 0 saturated heterocycles. The molecular formula is C50H34N2O. The van der Waals surface area contributed by atoms with Crippen molar-refractivity contribution in [3.8, 4) is 11.1 Å². The fourth-order valence-electron chi connectivity index (χ4n) is 7.79. The number of benzene rings is 9. The maximum absolute atomic E-state index is 6.52. The smallest absolute Gasteiger partial charge is 0.138 e. The molecule has 53 heavy (non-hydrogen) atoms. The van der Waals surface area contributed by atoms with Crippen LogP contribution in [0.2, 0.25) is 0 Å². The summed E-state index contributed by atoms with van der Waals surface area (Å²) in [6.07, 6.45) is 0. The lowest BCUT2D eigenvalue weighted by atomic mass is 10.00. The Bertz CT molecular complexity index is 2880. The van der Waals surface area contributed by atoms with E-state index in [1.807, 2.05) is 6.07 Å². The first-order chi connectivity index (χ1) is 26.3. The van der Waals surface area contributed by atoms with Gasteiger partial charge >= 0.3 is 0 Å². The molecule has 0 saturated carbocycles. The fraction of sp³-hybridized carbons (Fsp3) is 0. The molecule has 0 N–H and O–H groups in total. The quantitative estimate of drug-likeness (QED) is 0.167. The summed E-state index contributed by atoms with van der Waals surface area (Å²) in [5.74, 6) is 0. The average molecular weight is 679 g/mol. The fourth-order valence-corrected chi connectivity index (χ4v) is 7.79. The van der Waals surface area contributed by atoms with E-state index in [4.69, 9.17) is 4.42 Å². The Kier molecular flexibility index (Phi) is 7.47. The van der Waals surface area contributed by atoms with Crippen LogP contribution in [0.5, 0.6) is 0 Å². The van der Waals surface area contributed by atoms with Gasteiger partial charge in [-0.3, -0.25) is 0 Å². The lowest BCUT2D eigenvalue weighted by Crippen LogP contribution is -2.12. The van der Waals surface area contributed by atoms with Gasteiger partial charge in [0, 0.05) is 50.4 Å². The predicted octanol–water partition coefficient (Wildman–Crippen LogP) is 14.5. The van der Waals surface area contributed by atoms with Gasteiger partial charge < -0.3 is 14.2 Å². The zero-order valence-corrected chi connectivity index (χ0v) is 28.9. The third kappa shape index (κ3) is 5.38. The number of fused-ring (bicyclic) bond motifs is 6. The third-order valence-electron chi connectivity index (χ3n) is 10.2. The molecule has 3 heteroatoms. The van der Waals surface area contributed by atoms with Crippen molar-refractivity contribution in [2.45, 2.75) is 0 Å². The second-order valence-electron chi connectivity index (χ2n) is 13.4. The topological polar surface area (TPSA) is 19.6 Å². The maximum atomic E-state index is 6.52. The van der Waals surface area contributed by atoms with Crippen LogP contribution >= 0.6 is 0 Å². The van der Waals surface area contributed by atoms with Crippen LogP contribution in [0.4, 0.5) is 34.1 Å². The molecule has 0 atom stereocenters. The first kappa shape index (κ1) is 30.7. The van der Waals surface area contributed by atoms with E-state index in [1.54, 1.807) is 0 Å². The first-order valence-corrected chi connectivity index (χ1v) is 18.0. The number of hydrogen-bond acceptors (Lipinski definition) is 3. The van der Waals surface area contributed by atoms with Crippen LogP contribution in [0.1, 0.15) is 0 Å². The van der Waals surface area contributed by atoms with Gasteiger partial charge in [0.2, 0.25) is 0 Å². The van der Waals surface area contributed by atoms with Gasteiger partial charge in [0.25, 0.3) is 0 Å². The highest BCUT2D eigenvalue weighted by Gasteiger charge is 2.21. The molecule has 0 bridgehead atoms. The minimum Gasteiger partial charge on any atom is -0.456 e. The zero-order valence-electron chi connectivity index (χ0n) is 28.9. The van der Waals surface area contributed by atoms with Crippen LogP contribution in [-0.2, 0) is 0 Å². The van der Waals surface area contributed by atoms with Gasteiger partial charge in [0.15, 0.2) is 0 Å². The predicted molar refractivity (Wildman–Crippen MR) is 224 cm³/mol. The van der Waals surface area contributed by atoms with E-state index in [0.29, 0.717) is 0 Å². The van der Waals surface area contributed by atoms with E-state index in [2.05, 4.69) is 210 Å². The van der Waals surface area contributed by atoms with Crippen LogP contribution in [-0.4, -0.2) is 0 Å². The molecule has 1 heterocycles. The average Bonchev–Trinajstić information content (AvgIpc) is 3.61. The van der Waals surface area contributed by atoms with Gasteiger partial charge in [0.05, 0.1) is 11.4 Å². The Labute approximate surface area is 308 Å². The van der Waals surface area contributed by atoms with Crippen molar-refractivity contribution >= 4 is 77.6 Å². The van der Waals surface area contributed by atoms with Crippen LogP contribution < -0.4 is 9.80 Å². The van der Waals surface area contributed by atoms with Gasteiger partial charge in [0.1, 0.15) is 11.2 Å². The van der Waals surface area contributed by atoms with Crippen molar-refractivity contribution in [3.63, 3.8) is 0 Å². The summed E-state index contributed by atoms with van der Waals surface area (Å²) in [5.41, 5.74) is 10.7. The Balaban J connectivity index is 1.15. The minimum absolute atomic E-state index is 0.876. The lowest BCUT2D eigenvalue weighted by molar-refractivity contribution is 0.669. The van der Waals surface area contributed by atoms with Crippen molar-refractivity contribution in [2.24, 2.45) is 0 Å². The Morgan fingerprint density at radius 2 is 0.849 bits per heavy atom. The van der Waals surface area contributed by atoms with Crippen molar-refractivity contribution < 1.29 is 4.42 Å². The minimum atomic E-state index is 0.876. The van der Waals surface area contributed by atoms with Gasteiger partial charge in [-0.1, -0.05) is 140 Å². The Morgan fingerprint density at radius 1 is 0.302 bits per heavy atom. The van der Waals surface area contributed by atoms with Crippen LogP contribution in [0.15, 0.2) is 211 Å². The molecule has 9 aromatic carbocycles. The van der Waals surface area contributed by atoms with Crippen molar-refractivity contribution in [1.82, 2.24) is 0 Å². The highest BCUT2D eigenvalue weighted by Crippen LogP contribution is 2.46. The van der Waals surface area contributed by atoms with Crippen molar-refractivity contribution in [3.05, 3.63) is 206 Å². The largest absolute Gasteiger partial charge is 0.456 e. The zero-order chi connectivity index (χ0) is 35.1. The second kappa shape index (κ2) is 12.9. The van der Waals surface area contributed by atoms with E-state index < -0.39 is 0 Å². The summed E-state index contributed by atoms with van der Waals surface area (Å²) < 4.78 is 6.52. The highest BCUT2D eigenvalue weighted by molar-refractivity contribution is 6.22. The Morgan fingerprint density at radius 3 is 1.57 bits per heavy atom. The lowest BCUT2D eigenvalue weighted by Gasteiger charge is -2.29. The molecule has 0 aliphatic carbocycles. The molecule has 10 rings (SSSR count). The normalized spacial score (nSPS) is 11.4. The molecule has 0 aliphatic heterocycles. The second-order valence-corrected chi connectivity index (χ2v) is 13.4. The standard InChI is InChI=1S/C50H34N2O/c1-4-15-35(16-5-1)36-27-29-40(30-28-36)51(38-18-6-2-7-19-38)46-25-14-17-37-33-41(31-32-42(37)46)52(39-20-8-3-9-21-39)47-34-49-50(44-23-11-10-22-43(44)47)45-24-12-13-26-48(45)53-49/h1-34H. The molecule has 0 unspecified atom stereocenters. The van der Waals surface area contributed by atoms with E-state index in [-0.39, 0.29) is 0 Å². The molecule has 0 amide bonds. The van der Waals surface area contributed by atoms with Gasteiger partial charge in [-0.25, -0.2) is 0 Å². The van der Waals surface area contributed by atoms with Crippen LogP contribution in [0, 0.1) is 0 Å². The highest BCUT2D eigenvalue weighted by atomic mass is 16.3. The Hall–Kier alpha value is -7.10. The molecule has 3 nitrogen and oxygen atoms in total. The number of hydrogen-bond donors (Lipinski definition) is 0. The van der Waals surface area contributed by atoms with E-state index >= 15 is 0 Å². The summed E-state index contributed by atoms with van der Waals surface area (Å²) in [6, 6.07) is 73.3. The summed E-state index contributed by atoms with van der Waals surface area (Å²) in [4.78, 5) is 4.72. The molecule has 0 fully saturated rings. The summed E-state index contributed by atoms with van der Waals surface area (Å²) in [5, 5.41) is 6.93. The van der Waals surface area contributed by atoms with Crippen LogP contribution in [0.3, 0.4) is 0 Å². The number of anilines is 6. The third-order valence-corrected chi connectivity index (χ3v) is 10.2. The SMILES string of the molecule is c1ccc(-c2ccc(N(c3ccccc3)c3cccc4cc(N(c5ccccc5)c5cc6oc7ccccc7c6c6ccccc56)ccc34)cc2)cc1. The monoisotopic (exact) mass is 678 g/mol. The van der Waals surface area contributed by atoms with E-state index in [9.17, 15) is 0 Å². The van der Waals surface area contributed by atoms with Gasteiger partial charge in [-0.2, -0.15) is 0 Å². The summed E-state index contributed by atoms with van der Waals surface area (Å²) in [7, 11) is 0. The van der Waals surface area contributed by atoms with Crippen molar-refractivity contribution in [1.29, 1.82) is 0 Å². The number of nitrogens with zero attached hydrogens (tertiary/aromatic N) is 2. The van der Waals surface area contributed by atoms with E-state index in [1.165, 1.54) is 21.9 Å². The molecular weight excluding hydrogens is 645 g/mol.